The first kappa shape index (κ1) is 9.84. The van der Waals surface area contributed by atoms with Gasteiger partial charge in [-0.1, -0.05) is 6.07 Å². The van der Waals surface area contributed by atoms with Crippen LogP contribution >= 0.6 is 0 Å². The van der Waals surface area contributed by atoms with Crippen LogP contribution in [0.1, 0.15) is 28.5 Å². The molecule has 0 saturated heterocycles. The van der Waals surface area contributed by atoms with Gasteiger partial charge >= 0.3 is 0 Å². The molecule has 2 nitrogen and oxygen atoms in total. The van der Waals surface area contributed by atoms with Gasteiger partial charge in [-0.25, -0.2) is 0 Å². The van der Waals surface area contributed by atoms with E-state index in [1.54, 1.807) is 6.92 Å². The van der Waals surface area contributed by atoms with Gasteiger partial charge in [-0.05, 0) is 44.5 Å². The highest BCUT2D eigenvalue weighted by molar-refractivity contribution is 5.98. The molecule has 0 aliphatic carbocycles. The number of nitrogens with zero attached hydrogens (tertiary/aromatic N) is 1. The molecule has 2 rings (SSSR count). The number of ketones is 1. The number of aromatic nitrogens is 1. The van der Waals surface area contributed by atoms with Gasteiger partial charge < -0.3 is 0 Å². The molecule has 0 aliphatic rings. The second-order valence-corrected chi connectivity index (χ2v) is 3.87. The Bertz CT molecular complexity index is 543. The fourth-order valence-electron chi connectivity index (χ4n) is 1.71. The van der Waals surface area contributed by atoms with Crippen LogP contribution in [0.2, 0.25) is 0 Å². The number of Topliss-reactive ketones (excluding diaryl/α,β-unsaturated/α-hetero) is 1. The molecule has 0 amide bonds. The molecule has 0 saturated carbocycles. The lowest BCUT2D eigenvalue weighted by Crippen LogP contribution is -1.95. The van der Waals surface area contributed by atoms with Gasteiger partial charge in [0, 0.05) is 16.6 Å². The lowest BCUT2D eigenvalue weighted by atomic mass is 10.0. The van der Waals surface area contributed by atoms with E-state index >= 15 is 0 Å². The second kappa shape index (κ2) is 3.46. The smallest absolute Gasteiger partial charge is 0.159 e. The maximum atomic E-state index is 11.3. The van der Waals surface area contributed by atoms with Gasteiger partial charge in [-0.2, -0.15) is 0 Å². The molecule has 0 radical (unpaired) electrons. The van der Waals surface area contributed by atoms with E-state index in [1.165, 1.54) is 0 Å². The summed E-state index contributed by atoms with van der Waals surface area (Å²) in [7, 11) is 0. The van der Waals surface area contributed by atoms with E-state index in [4.69, 9.17) is 0 Å². The van der Waals surface area contributed by atoms with Gasteiger partial charge in [-0.3, -0.25) is 9.78 Å². The SMILES string of the molecule is CC(=O)c1cc(C)c2nc(C)ccc2c1. The van der Waals surface area contributed by atoms with Crippen molar-refractivity contribution in [2.45, 2.75) is 20.8 Å². The van der Waals surface area contributed by atoms with Gasteiger partial charge in [0.2, 0.25) is 0 Å². The van der Waals surface area contributed by atoms with E-state index < -0.39 is 0 Å². The van der Waals surface area contributed by atoms with Crippen LogP contribution in [0.25, 0.3) is 10.9 Å². The summed E-state index contributed by atoms with van der Waals surface area (Å²) >= 11 is 0. The highest BCUT2D eigenvalue weighted by Crippen LogP contribution is 2.19. The Morgan fingerprint density at radius 1 is 1.20 bits per heavy atom. The molecule has 0 N–H and O–H groups in total. The monoisotopic (exact) mass is 199 g/mol. The minimum Gasteiger partial charge on any atom is -0.295 e. The molecule has 0 bridgehead atoms. The quantitative estimate of drug-likeness (QED) is 0.661. The average Bonchev–Trinajstić information content (AvgIpc) is 2.18. The van der Waals surface area contributed by atoms with Crippen molar-refractivity contribution < 1.29 is 4.79 Å². The molecule has 2 aromatic rings. The zero-order chi connectivity index (χ0) is 11.0. The Kier molecular flexibility index (Phi) is 2.27. The van der Waals surface area contributed by atoms with Gasteiger partial charge in [0.1, 0.15) is 0 Å². The minimum absolute atomic E-state index is 0.0978. The van der Waals surface area contributed by atoms with Crippen LogP contribution < -0.4 is 0 Å². The summed E-state index contributed by atoms with van der Waals surface area (Å²) in [5, 5.41) is 1.03. The molecular weight excluding hydrogens is 186 g/mol. The summed E-state index contributed by atoms with van der Waals surface area (Å²) in [6.07, 6.45) is 0. The summed E-state index contributed by atoms with van der Waals surface area (Å²) < 4.78 is 0. The number of hydrogen-bond donors (Lipinski definition) is 0. The van der Waals surface area contributed by atoms with Gasteiger partial charge in [-0.15, -0.1) is 0 Å². The second-order valence-electron chi connectivity index (χ2n) is 3.87. The molecule has 0 aliphatic heterocycles. The number of benzene rings is 1. The maximum absolute atomic E-state index is 11.3. The Morgan fingerprint density at radius 3 is 2.60 bits per heavy atom. The van der Waals surface area contributed by atoms with E-state index in [2.05, 4.69) is 4.98 Å². The highest BCUT2D eigenvalue weighted by Gasteiger charge is 2.05. The summed E-state index contributed by atoms with van der Waals surface area (Å²) in [6.45, 7) is 5.54. The van der Waals surface area contributed by atoms with Crippen molar-refractivity contribution in [2.75, 3.05) is 0 Å². The Labute approximate surface area is 89.0 Å². The molecule has 0 fully saturated rings. The van der Waals surface area contributed by atoms with Crippen molar-refractivity contribution in [3.8, 4) is 0 Å². The lowest BCUT2D eigenvalue weighted by Gasteiger charge is -2.05. The third-order valence-corrected chi connectivity index (χ3v) is 2.53. The molecule has 0 unspecified atom stereocenters. The summed E-state index contributed by atoms with van der Waals surface area (Å²) in [5.41, 5.74) is 3.80. The largest absolute Gasteiger partial charge is 0.295 e. The van der Waals surface area contributed by atoms with Gasteiger partial charge in [0.05, 0.1) is 5.52 Å². The van der Waals surface area contributed by atoms with E-state index in [1.807, 2.05) is 38.1 Å². The van der Waals surface area contributed by atoms with E-state index in [-0.39, 0.29) is 5.78 Å². The normalized spacial score (nSPS) is 10.6. The number of aryl methyl sites for hydroxylation is 2. The van der Waals surface area contributed by atoms with Crippen LogP contribution in [0.5, 0.6) is 0 Å². The fourth-order valence-corrected chi connectivity index (χ4v) is 1.71. The fraction of sp³-hybridized carbons (Fsp3) is 0.231. The van der Waals surface area contributed by atoms with Crippen LogP contribution in [0.15, 0.2) is 24.3 Å². The van der Waals surface area contributed by atoms with Crippen molar-refractivity contribution in [1.29, 1.82) is 0 Å². The number of hydrogen-bond acceptors (Lipinski definition) is 2. The Morgan fingerprint density at radius 2 is 1.93 bits per heavy atom. The van der Waals surface area contributed by atoms with Gasteiger partial charge in [0.15, 0.2) is 5.78 Å². The molecule has 15 heavy (non-hydrogen) atoms. The van der Waals surface area contributed by atoms with Crippen molar-refractivity contribution >= 4 is 16.7 Å². The van der Waals surface area contributed by atoms with Crippen LogP contribution in [0.3, 0.4) is 0 Å². The first-order chi connectivity index (χ1) is 7.08. The zero-order valence-corrected chi connectivity index (χ0v) is 9.16. The van der Waals surface area contributed by atoms with Crippen LogP contribution in [0, 0.1) is 13.8 Å². The first-order valence-corrected chi connectivity index (χ1v) is 4.97. The third-order valence-electron chi connectivity index (χ3n) is 2.53. The molecule has 1 aromatic carbocycles. The predicted octanol–water partition coefficient (Wildman–Crippen LogP) is 3.05. The first-order valence-electron chi connectivity index (χ1n) is 4.97. The summed E-state index contributed by atoms with van der Waals surface area (Å²) in [4.78, 5) is 15.8. The molecular formula is C13H13NO. The molecule has 0 atom stereocenters. The molecule has 1 heterocycles. The van der Waals surface area contributed by atoms with E-state index in [0.29, 0.717) is 0 Å². The summed E-state index contributed by atoms with van der Waals surface area (Å²) in [6, 6.07) is 7.77. The minimum atomic E-state index is 0.0978. The molecule has 2 heteroatoms. The van der Waals surface area contributed by atoms with Crippen LogP contribution in [-0.4, -0.2) is 10.8 Å². The van der Waals surface area contributed by atoms with Crippen LogP contribution in [0.4, 0.5) is 0 Å². The standard InChI is InChI=1S/C13H13NO/c1-8-6-12(10(3)15)7-11-5-4-9(2)14-13(8)11/h4-7H,1-3H3. The third kappa shape index (κ3) is 1.75. The zero-order valence-electron chi connectivity index (χ0n) is 9.16. The lowest BCUT2D eigenvalue weighted by molar-refractivity contribution is 0.101. The molecule has 76 valence electrons. The maximum Gasteiger partial charge on any atom is 0.159 e. The van der Waals surface area contributed by atoms with E-state index in [9.17, 15) is 4.79 Å². The number of pyridine rings is 1. The number of rotatable bonds is 1. The van der Waals surface area contributed by atoms with Crippen molar-refractivity contribution in [3.63, 3.8) is 0 Å². The Hall–Kier alpha value is -1.70. The highest BCUT2D eigenvalue weighted by atomic mass is 16.1. The molecule has 1 aromatic heterocycles. The number of fused-ring (bicyclic) bond motifs is 1. The van der Waals surface area contributed by atoms with Crippen molar-refractivity contribution in [3.05, 3.63) is 41.1 Å². The predicted molar refractivity (Wildman–Crippen MR) is 61.2 cm³/mol. The number of carbonyl (C=O) groups is 1. The van der Waals surface area contributed by atoms with Crippen molar-refractivity contribution in [1.82, 2.24) is 4.98 Å². The van der Waals surface area contributed by atoms with Crippen LogP contribution in [-0.2, 0) is 0 Å². The average molecular weight is 199 g/mol. The summed E-state index contributed by atoms with van der Waals surface area (Å²) in [5.74, 6) is 0.0978. The molecule has 0 spiro atoms. The van der Waals surface area contributed by atoms with Gasteiger partial charge in [0.25, 0.3) is 0 Å². The van der Waals surface area contributed by atoms with E-state index in [0.717, 1.165) is 27.7 Å². The van der Waals surface area contributed by atoms with Crippen molar-refractivity contribution in [2.24, 2.45) is 0 Å². The topological polar surface area (TPSA) is 30.0 Å². The Balaban J connectivity index is 2.78. The number of carbonyl (C=O) groups excluding carboxylic acids is 1.